The van der Waals surface area contributed by atoms with E-state index >= 15 is 0 Å². The quantitative estimate of drug-likeness (QED) is 0.723. The number of hydrogen-bond donors (Lipinski definition) is 2. The number of benzene rings is 1. The Morgan fingerprint density at radius 3 is 2.96 bits per heavy atom. The summed E-state index contributed by atoms with van der Waals surface area (Å²) >= 11 is 0. The van der Waals surface area contributed by atoms with Crippen LogP contribution < -0.4 is 11.1 Å². The molecule has 0 atom stereocenters. The molecule has 0 radical (unpaired) electrons. The lowest BCUT2D eigenvalue weighted by molar-refractivity contribution is 0.631. The van der Waals surface area contributed by atoms with Crippen LogP contribution in [0.1, 0.15) is 22.4 Å². The summed E-state index contributed by atoms with van der Waals surface area (Å²) in [6, 6.07) is 10.8. The topological polar surface area (TPSA) is 79.7 Å². The van der Waals surface area contributed by atoms with Gasteiger partial charge in [0.2, 0.25) is 0 Å². The van der Waals surface area contributed by atoms with Crippen LogP contribution in [0.3, 0.4) is 0 Å². The molecule has 1 aliphatic rings. The Labute approximate surface area is 140 Å². The van der Waals surface area contributed by atoms with Gasteiger partial charge in [0.05, 0.1) is 5.69 Å². The molecule has 0 aliphatic carbocycles. The molecule has 0 spiro atoms. The first kappa shape index (κ1) is 14.7. The molecule has 4 rings (SSSR count). The van der Waals surface area contributed by atoms with Crippen LogP contribution in [-0.2, 0) is 20.0 Å². The SMILES string of the molecule is Cc1ccc2c(c1)cc(-c1c(C#N)c(N)nc3c1CNCC3)n2C. The molecule has 0 saturated carbocycles. The Morgan fingerprint density at radius 1 is 1.33 bits per heavy atom. The highest BCUT2D eigenvalue weighted by Gasteiger charge is 2.24. The lowest BCUT2D eigenvalue weighted by Gasteiger charge is -2.22. The Morgan fingerprint density at radius 2 is 2.17 bits per heavy atom. The van der Waals surface area contributed by atoms with Crippen molar-refractivity contribution in [2.75, 3.05) is 12.3 Å². The van der Waals surface area contributed by atoms with E-state index in [0.29, 0.717) is 17.9 Å². The van der Waals surface area contributed by atoms with E-state index in [0.717, 1.165) is 41.0 Å². The van der Waals surface area contributed by atoms with Crippen molar-refractivity contribution in [3.63, 3.8) is 0 Å². The molecule has 0 saturated heterocycles. The van der Waals surface area contributed by atoms with Gasteiger partial charge in [-0.1, -0.05) is 11.6 Å². The van der Waals surface area contributed by atoms with Crippen LogP contribution in [0.5, 0.6) is 0 Å². The number of nitriles is 1. The summed E-state index contributed by atoms with van der Waals surface area (Å²) in [5.41, 5.74) is 13.0. The zero-order valence-corrected chi connectivity index (χ0v) is 13.8. The number of nitrogen functional groups attached to an aromatic ring is 1. The van der Waals surface area contributed by atoms with Crippen LogP contribution in [0.15, 0.2) is 24.3 Å². The van der Waals surface area contributed by atoms with Crippen molar-refractivity contribution >= 4 is 16.7 Å². The van der Waals surface area contributed by atoms with Crippen molar-refractivity contribution in [1.82, 2.24) is 14.9 Å². The third kappa shape index (κ3) is 2.08. The van der Waals surface area contributed by atoms with E-state index in [2.05, 4.69) is 52.1 Å². The van der Waals surface area contributed by atoms with Gasteiger partial charge in [-0.3, -0.25) is 0 Å². The largest absolute Gasteiger partial charge is 0.383 e. The maximum atomic E-state index is 9.67. The molecule has 0 amide bonds. The highest BCUT2D eigenvalue weighted by Crippen LogP contribution is 2.36. The Balaban J connectivity index is 2.08. The average molecular weight is 317 g/mol. The minimum Gasteiger partial charge on any atom is -0.383 e. The van der Waals surface area contributed by atoms with E-state index in [1.807, 2.05) is 7.05 Å². The number of aryl methyl sites for hydroxylation is 2. The third-order valence-corrected chi connectivity index (χ3v) is 4.82. The maximum Gasteiger partial charge on any atom is 0.142 e. The van der Waals surface area contributed by atoms with E-state index in [1.165, 1.54) is 10.9 Å². The lowest BCUT2D eigenvalue weighted by Crippen LogP contribution is -2.26. The molecule has 2 aromatic heterocycles. The fourth-order valence-corrected chi connectivity index (χ4v) is 3.61. The van der Waals surface area contributed by atoms with Crippen LogP contribution in [0.4, 0.5) is 5.82 Å². The minimum absolute atomic E-state index is 0.328. The van der Waals surface area contributed by atoms with Gasteiger partial charge in [-0.25, -0.2) is 4.98 Å². The molecular formula is C19H19N5. The Bertz CT molecular complexity index is 1010. The van der Waals surface area contributed by atoms with Crippen molar-refractivity contribution in [2.24, 2.45) is 7.05 Å². The number of aromatic nitrogens is 2. The Kier molecular flexibility index (Phi) is 3.29. The second kappa shape index (κ2) is 5.36. The highest BCUT2D eigenvalue weighted by molar-refractivity contribution is 5.90. The van der Waals surface area contributed by atoms with Crippen LogP contribution in [-0.4, -0.2) is 16.1 Å². The van der Waals surface area contributed by atoms with Gasteiger partial charge in [0, 0.05) is 48.7 Å². The maximum absolute atomic E-state index is 9.67. The van der Waals surface area contributed by atoms with Crippen LogP contribution in [0.2, 0.25) is 0 Å². The van der Waals surface area contributed by atoms with Gasteiger partial charge in [0.1, 0.15) is 17.5 Å². The number of nitrogens with two attached hydrogens (primary N) is 1. The van der Waals surface area contributed by atoms with Gasteiger partial charge in [-0.15, -0.1) is 0 Å². The number of pyridine rings is 1. The van der Waals surface area contributed by atoms with Gasteiger partial charge in [0.25, 0.3) is 0 Å². The minimum atomic E-state index is 0.328. The standard InChI is InChI=1S/C19H19N5/c1-11-3-4-16-12(7-11)8-17(24(16)2)18-13(9-20)19(21)23-15-5-6-22-10-14(15)18/h3-4,7-8,22H,5-6,10H2,1-2H3,(H2,21,23). The van der Waals surface area contributed by atoms with Crippen molar-refractivity contribution < 1.29 is 0 Å². The summed E-state index contributed by atoms with van der Waals surface area (Å²) in [5.74, 6) is 0.328. The second-order valence-corrected chi connectivity index (χ2v) is 6.36. The molecule has 3 N–H and O–H groups in total. The molecule has 120 valence electrons. The highest BCUT2D eigenvalue weighted by atomic mass is 15.0. The molecule has 0 unspecified atom stereocenters. The van der Waals surface area contributed by atoms with Crippen molar-refractivity contribution in [1.29, 1.82) is 5.26 Å². The summed E-state index contributed by atoms with van der Waals surface area (Å²) in [4.78, 5) is 4.47. The fraction of sp³-hybridized carbons (Fsp3) is 0.263. The zero-order chi connectivity index (χ0) is 16.8. The van der Waals surface area contributed by atoms with Crippen molar-refractivity contribution in [3.8, 4) is 17.3 Å². The molecule has 0 bridgehead atoms. The van der Waals surface area contributed by atoms with Gasteiger partial charge in [-0.2, -0.15) is 5.26 Å². The first-order valence-corrected chi connectivity index (χ1v) is 8.08. The van der Waals surface area contributed by atoms with Crippen LogP contribution >= 0.6 is 0 Å². The number of nitrogens with one attached hydrogen (secondary N) is 1. The number of nitrogens with zero attached hydrogens (tertiary/aromatic N) is 3. The molecule has 1 aliphatic heterocycles. The monoisotopic (exact) mass is 317 g/mol. The lowest BCUT2D eigenvalue weighted by atomic mass is 9.94. The van der Waals surface area contributed by atoms with E-state index in [-0.39, 0.29) is 0 Å². The van der Waals surface area contributed by atoms with E-state index in [1.54, 1.807) is 0 Å². The number of hydrogen-bond acceptors (Lipinski definition) is 4. The molecule has 0 fully saturated rings. The molecule has 3 aromatic rings. The van der Waals surface area contributed by atoms with Gasteiger partial charge < -0.3 is 15.6 Å². The van der Waals surface area contributed by atoms with Gasteiger partial charge >= 0.3 is 0 Å². The summed E-state index contributed by atoms with van der Waals surface area (Å²) in [6.45, 7) is 3.69. The predicted molar refractivity (Wildman–Crippen MR) is 95.4 cm³/mol. The van der Waals surface area contributed by atoms with E-state index in [9.17, 15) is 5.26 Å². The molecule has 1 aromatic carbocycles. The molecule has 5 heteroatoms. The van der Waals surface area contributed by atoms with E-state index in [4.69, 9.17) is 5.73 Å². The smallest absolute Gasteiger partial charge is 0.142 e. The zero-order valence-electron chi connectivity index (χ0n) is 13.8. The summed E-state index contributed by atoms with van der Waals surface area (Å²) in [5, 5.41) is 14.2. The Hall–Kier alpha value is -2.84. The van der Waals surface area contributed by atoms with Crippen molar-refractivity contribution in [3.05, 3.63) is 46.6 Å². The number of fused-ring (bicyclic) bond motifs is 2. The fourth-order valence-electron chi connectivity index (χ4n) is 3.61. The molecule has 24 heavy (non-hydrogen) atoms. The summed E-state index contributed by atoms with van der Waals surface area (Å²) in [6.07, 6.45) is 0.835. The van der Waals surface area contributed by atoms with Gasteiger partial charge in [-0.05, 0) is 30.7 Å². The first-order chi connectivity index (χ1) is 11.6. The van der Waals surface area contributed by atoms with Crippen molar-refractivity contribution in [2.45, 2.75) is 19.9 Å². The van der Waals surface area contributed by atoms with Gasteiger partial charge in [0.15, 0.2) is 0 Å². The number of anilines is 1. The molecule has 5 nitrogen and oxygen atoms in total. The normalized spacial score (nSPS) is 13.7. The molecule has 3 heterocycles. The van der Waals surface area contributed by atoms with E-state index < -0.39 is 0 Å². The first-order valence-electron chi connectivity index (χ1n) is 8.08. The van der Waals surface area contributed by atoms with Crippen LogP contribution in [0, 0.1) is 18.3 Å². The number of rotatable bonds is 1. The predicted octanol–water partition coefficient (Wildman–Crippen LogP) is 2.65. The summed E-state index contributed by atoms with van der Waals surface area (Å²) < 4.78 is 2.14. The second-order valence-electron chi connectivity index (χ2n) is 6.36. The third-order valence-electron chi connectivity index (χ3n) is 4.82. The summed E-state index contributed by atoms with van der Waals surface area (Å²) in [7, 11) is 2.04. The molecular weight excluding hydrogens is 298 g/mol. The average Bonchev–Trinajstić information content (AvgIpc) is 2.89. The van der Waals surface area contributed by atoms with Crippen LogP contribution in [0.25, 0.3) is 22.2 Å².